The fourth-order valence-electron chi connectivity index (χ4n) is 2.68. The molecule has 0 saturated heterocycles. The Morgan fingerprint density at radius 3 is 2.54 bits per heavy atom. The zero-order valence-electron chi connectivity index (χ0n) is 14.0. The number of hydrogen-bond acceptors (Lipinski definition) is 2. The van der Waals surface area contributed by atoms with Crippen molar-refractivity contribution >= 4 is 16.7 Å². The van der Waals surface area contributed by atoms with Crippen molar-refractivity contribution in [2.45, 2.75) is 26.5 Å². The highest BCUT2D eigenvalue weighted by Gasteiger charge is 2.15. The molecule has 0 heterocycles. The van der Waals surface area contributed by atoms with Gasteiger partial charge in [-0.1, -0.05) is 60.7 Å². The Balaban J connectivity index is 1.67. The predicted octanol–water partition coefficient (Wildman–Crippen LogP) is 4.23. The van der Waals surface area contributed by atoms with Crippen molar-refractivity contribution in [1.82, 2.24) is 5.32 Å². The van der Waals surface area contributed by atoms with E-state index < -0.39 is 6.10 Å². The summed E-state index contributed by atoms with van der Waals surface area (Å²) in [5, 5.41) is 5.06. The van der Waals surface area contributed by atoms with Crippen molar-refractivity contribution < 1.29 is 9.53 Å². The number of rotatable bonds is 5. The van der Waals surface area contributed by atoms with Gasteiger partial charge in [0.05, 0.1) is 0 Å². The monoisotopic (exact) mass is 319 g/mol. The van der Waals surface area contributed by atoms with E-state index in [-0.39, 0.29) is 5.91 Å². The van der Waals surface area contributed by atoms with Gasteiger partial charge in [-0.2, -0.15) is 0 Å². The first-order valence-corrected chi connectivity index (χ1v) is 8.12. The Morgan fingerprint density at radius 1 is 1.00 bits per heavy atom. The maximum Gasteiger partial charge on any atom is 0.261 e. The minimum Gasteiger partial charge on any atom is -0.480 e. The lowest BCUT2D eigenvalue weighted by Gasteiger charge is -2.16. The molecular formula is C21H21NO2. The van der Waals surface area contributed by atoms with Gasteiger partial charge in [-0.25, -0.2) is 0 Å². The molecule has 3 aromatic rings. The molecule has 0 aliphatic heterocycles. The maximum atomic E-state index is 12.3. The molecule has 0 aliphatic rings. The summed E-state index contributed by atoms with van der Waals surface area (Å²) in [4.78, 5) is 12.3. The molecule has 3 nitrogen and oxygen atoms in total. The minimum atomic E-state index is -0.556. The normalized spacial score (nSPS) is 11.9. The first-order valence-electron chi connectivity index (χ1n) is 8.12. The minimum absolute atomic E-state index is 0.119. The molecular weight excluding hydrogens is 298 g/mol. The van der Waals surface area contributed by atoms with Crippen LogP contribution in [0.25, 0.3) is 10.8 Å². The zero-order chi connectivity index (χ0) is 16.9. The van der Waals surface area contributed by atoms with E-state index in [0.29, 0.717) is 6.54 Å². The number of carbonyl (C=O) groups is 1. The van der Waals surface area contributed by atoms with Crippen LogP contribution in [0.5, 0.6) is 5.75 Å². The summed E-state index contributed by atoms with van der Waals surface area (Å²) in [6.45, 7) is 4.32. The first-order chi connectivity index (χ1) is 11.6. The molecule has 0 unspecified atom stereocenters. The van der Waals surface area contributed by atoms with Gasteiger partial charge in [0, 0.05) is 11.9 Å². The van der Waals surface area contributed by atoms with Crippen molar-refractivity contribution in [3.63, 3.8) is 0 Å². The van der Waals surface area contributed by atoms with Gasteiger partial charge in [0.2, 0.25) is 0 Å². The summed E-state index contributed by atoms with van der Waals surface area (Å²) in [5.41, 5.74) is 2.28. The summed E-state index contributed by atoms with van der Waals surface area (Å²) >= 11 is 0. The SMILES string of the molecule is Cc1ccccc1CNC(=O)[C@@H](C)Oc1cccc2ccccc12. The summed E-state index contributed by atoms with van der Waals surface area (Å²) < 4.78 is 5.90. The molecule has 0 aliphatic carbocycles. The van der Waals surface area contributed by atoms with Gasteiger partial charge < -0.3 is 10.1 Å². The number of benzene rings is 3. The van der Waals surface area contributed by atoms with Crippen LogP contribution >= 0.6 is 0 Å². The van der Waals surface area contributed by atoms with Crippen LogP contribution in [0.1, 0.15) is 18.1 Å². The van der Waals surface area contributed by atoms with E-state index in [4.69, 9.17) is 4.74 Å². The largest absolute Gasteiger partial charge is 0.480 e. The summed E-state index contributed by atoms with van der Waals surface area (Å²) in [7, 11) is 0. The van der Waals surface area contributed by atoms with Crippen molar-refractivity contribution in [2.75, 3.05) is 0 Å². The second-order valence-electron chi connectivity index (χ2n) is 5.88. The molecule has 0 fully saturated rings. The first kappa shape index (κ1) is 16.1. The lowest BCUT2D eigenvalue weighted by molar-refractivity contribution is -0.127. The summed E-state index contributed by atoms with van der Waals surface area (Å²) in [5.74, 6) is 0.609. The van der Waals surface area contributed by atoms with Crippen LogP contribution in [-0.2, 0) is 11.3 Å². The number of fused-ring (bicyclic) bond motifs is 1. The smallest absolute Gasteiger partial charge is 0.261 e. The van der Waals surface area contributed by atoms with Crippen LogP contribution in [0.2, 0.25) is 0 Å². The lowest BCUT2D eigenvalue weighted by Crippen LogP contribution is -2.36. The van der Waals surface area contributed by atoms with Crippen LogP contribution in [0, 0.1) is 6.92 Å². The van der Waals surface area contributed by atoms with Crippen molar-refractivity contribution in [3.05, 3.63) is 77.9 Å². The molecule has 0 bridgehead atoms. The topological polar surface area (TPSA) is 38.3 Å². The van der Waals surface area contributed by atoms with Gasteiger partial charge in [-0.3, -0.25) is 4.79 Å². The molecule has 3 heteroatoms. The predicted molar refractivity (Wildman–Crippen MR) is 97.1 cm³/mol. The molecule has 1 atom stereocenters. The van der Waals surface area contributed by atoms with Crippen LogP contribution < -0.4 is 10.1 Å². The zero-order valence-corrected chi connectivity index (χ0v) is 14.0. The van der Waals surface area contributed by atoms with E-state index in [2.05, 4.69) is 5.32 Å². The van der Waals surface area contributed by atoms with E-state index in [1.807, 2.05) is 73.7 Å². The maximum absolute atomic E-state index is 12.3. The highest BCUT2D eigenvalue weighted by atomic mass is 16.5. The molecule has 0 saturated carbocycles. The second-order valence-corrected chi connectivity index (χ2v) is 5.88. The fourth-order valence-corrected chi connectivity index (χ4v) is 2.68. The molecule has 3 rings (SSSR count). The van der Waals surface area contributed by atoms with Crippen LogP contribution in [0.3, 0.4) is 0 Å². The number of nitrogens with one attached hydrogen (secondary N) is 1. The van der Waals surface area contributed by atoms with Crippen LogP contribution in [0.15, 0.2) is 66.7 Å². The molecule has 0 spiro atoms. The molecule has 1 amide bonds. The third-order valence-electron chi connectivity index (χ3n) is 4.14. The highest BCUT2D eigenvalue weighted by molar-refractivity contribution is 5.89. The molecule has 24 heavy (non-hydrogen) atoms. The Bertz CT molecular complexity index is 852. The molecule has 122 valence electrons. The van der Waals surface area contributed by atoms with E-state index >= 15 is 0 Å². The summed E-state index contributed by atoms with van der Waals surface area (Å²) in [6, 6.07) is 21.9. The molecule has 0 aromatic heterocycles. The average molecular weight is 319 g/mol. The fraction of sp³-hybridized carbons (Fsp3) is 0.190. The number of carbonyl (C=O) groups excluding carboxylic acids is 1. The van der Waals surface area contributed by atoms with Gasteiger partial charge in [-0.05, 0) is 36.4 Å². The Morgan fingerprint density at radius 2 is 1.71 bits per heavy atom. The van der Waals surface area contributed by atoms with Gasteiger partial charge in [0.25, 0.3) is 5.91 Å². The van der Waals surface area contributed by atoms with Crippen molar-refractivity contribution in [2.24, 2.45) is 0 Å². The van der Waals surface area contributed by atoms with Crippen LogP contribution in [0.4, 0.5) is 0 Å². The van der Waals surface area contributed by atoms with Gasteiger partial charge in [0.1, 0.15) is 5.75 Å². The summed E-state index contributed by atoms with van der Waals surface area (Å²) in [6.07, 6.45) is -0.556. The van der Waals surface area contributed by atoms with E-state index in [1.165, 1.54) is 5.56 Å². The van der Waals surface area contributed by atoms with E-state index in [9.17, 15) is 4.79 Å². The van der Waals surface area contributed by atoms with Crippen molar-refractivity contribution in [1.29, 1.82) is 0 Å². The van der Waals surface area contributed by atoms with Gasteiger partial charge in [-0.15, -0.1) is 0 Å². The number of hydrogen-bond donors (Lipinski definition) is 1. The van der Waals surface area contributed by atoms with Crippen LogP contribution in [-0.4, -0.2) is 12.0 Å². The number of amides is 1. The number of aryl methyl sites for hydroxylation is 1. The molecule has 1 N–H and O–H groups in total. The Kier molecular flexibility index (Phi) is 4.80. The van der Waals surface area contributed by atoms with E-state index in [0.717, 1.165) is 22.1 Å². The van der Waals surface area contributed by atoms with Gasteiger partial charge in [0.15, 0.2) is 6.10 Å². The number of ether oxygens (including phenoxy) is 1. The Labute approximate surface area is 142 Å². The highest BCUT2D eigenvalue weighted by Crippen LogP contribution is 2.26. The average Bonchev–Trinajstić information content (AvgIpc) is 2.61. The Hall–Kier alpha value is -2.81. The third kappa shape index (κ3) is 3.57. The third-order valence-corrected chi connectivity index (χ3v) is 4.14. The standard InChI is InChI=1S/C21H21NO2/c1-15-8-3-4-10-18(15)14-22-21(23)16(2)24-20-13-7-11-17-9-5-6-12-19(17)20/h3-13,16H,14H2,1-2H3,(H,22,23)/t16-/m1/s1. The van der Waals surface area contributed by atoms with E-state index in [1.54, 1.807) is 6.92 Å². The second kappa shape index (κ2) is 7.18. The molecule has 0 radical (unpaired) electrons. The molecule has 3 aromatic carbocycles. The quantitative estimate of drug-likeness (QED) is 0.764. The lowest BCUT2D eigenvalue weighted by atomic mass is 10.1. The van der Waals surface area contributed by atoms with Crippen molar-refractivity contribution in [3.8, 4) is 5.75 Å². The van der Waals surface area contributed by atoms with Gasteiger partial charge >= 0.3 is 0 Å².